The molecule has 0 saturated carbocycles. The predicted octanol–water partition coefficient (Wildman–Crippen LogP) is 5.61. The van der Waals surface area contributed by atoms with Crippen molar-refractivity contribution >= 4 is 5.82 Å². The van der Waals surface area contributed by atoms with E-state index < -0.39 is 11.6 Å². The monoisotopic (exact) mass is 354 g/mol. The van der Waals surface area contributed by atoms with Gasteiger partial charge in [0, 0.05) is 17.7 Å². The molecule has 0 aliphatic rings. The fourth-order valence-electron chi connectivity index (χ4n) is 2.70. The van der Waals surface area contributed by atoms with Gasteiger partial charge in [-0.2, -0.15) is 0 Å². The van der Waals surface area contributed by atoms with Crippen molar-refractivity contribution in [3.05, 3.63) is 66.2 Å². The second kappa shape index (κ2) is 7.95. The lowest BCUT2D eigenvalue weighted by atomic mass is 10.0. The van der Waals surface area contributed by atoms with Crippen molar-refractivity contribution in [2.24, 2.45) is 0 Å². The molecule has 5 heteroatoms. The van der Waals surface area contributed by atoms with Gasteiger partial charge >= 0.3 is 0 Å². The average molecular weight is 354 g/mol. The summed E-state index contributed by atoms with van der Waals surface area (Å²) in [4.78, 5) is 4.56. The highest BCUT2D eigenvalue weighted by atomic mass is 19.1. The Morgan fingerprint density at radius 3 is 2.62 bits per heavy atom. The van der Waals surface area contributed by atoms with Crippen LogP contribution < -0.4 is 5.32 Å². The zero-order chi connectivity index (χ0) is 18.5. The van der Waals surface area contributed by atoms with Crippen molar-refractivity contribution in [1.82, 2.24) is 4.98 Å². The summed E-state index contributed by atoms with van der Waals surface area (Å²) in [6.07, 6.45) is 2.01. The van der Waals surface area contributed by atoms with Gasteiger partial charge in [-0.25, -0.2) is 13.8 Å². The number of pyridine rings is 1. The van der Waals surface area contributed by atoms with Gasteiger partial charge in [0.25, 0.3) is 0 Å². The van der Waals surface area contributed by atoms with Crippen LogP contribution in [0.25, 0.3) is 22.4 Å². The summed E-state index contributed by atoms with van der Waals surface area (Å²) >= 11 is 0. The maximum Gasteiger partial charge on any atom is 0.131 e. The van der Waals surface area contributed by atoms with E-state index in [1.165, 1.54) is 6.07 Å². The number of nitrogens with one attached hydrogen (secondary N) is 1. The first-order valence-electron chi connectivity index (χ1n) is 8.57. The Bertz CT molecular complexity index is 912. The molecule has 0 bridgehead atoms. The van der Waals surface area contributed by atoms with Crippen LogP contribution in [0.3, 0.4) is 0 Å². The summed E-state index contributed by atoms with van der Waals surface area (Å²) in [5.74, 6) is -0.304. The number of nitrogens with zero attached hydrogens (tertiary/aromatic N) is 1. The van der Waals surface area contributed by atoms with Gasteiger partial charge in [-0.3, -0.25) is 0 Å². The minimum Gasteiger partial charge on any atom is -0.508 e. The Balaban J connectivity index is 2.09. The van der Waals surface area contributed by atoms with Crippen LogP contribution in [0.4, 0.5) is 14.6 Å². The predicted molar refractivity (Wildman–Crippen MR) is 100 cm³/mol. The van der Waals surface area contributed by atoms with Crippen molar-refractivity contribution in [3.8, 4) is 28.1 Å². The highest BCUT2D eigenvalue weighted by molar-refractivity contribution is 5.74. The maximum absolute atomic E-state index is 14.2. The van der Waals surface area contributed by atoms with Gasteiger partial charge in [-0.05, 0) is 54.4 Å². The zero-order valence-corrected chi connectivity index (χ0v) is 14.5. The molecule has 0 saturated heterocycles. The van der Waals surface area contributed by atoms with E-state index in [-0.39, 0.29) is 11.3 Å². The molecule has 26 heavy (non-hydrogen) atoms. The van der Waals surface area contributed by atoms with E-state index in [1.54, 1.807) is 30.3 Å². The van der Waals surface area contributed by atoms with Crippen LogP contribution in [0.1, 0.15) is 19.8 Å². The molecule has 1 heterocycles. The minimum absolute atomic E-state index is 0.118. The fourth-order valence-corrected chi connectivity index (χ4v) is 2.70. The van der Waals surface area contributed by atoms with E-state index in [2.05, 4.69) is 17.2 Å². The summed E-state index contributed by atoms with van der Waals surface area (Å²) in [7, 11) is 0. The molecular weight excluding hydrogens is 334 g/mol. The molecule has 2 aromatic carbocycles. The number of halogens is 2. The molecule has 0 amide bonds. The van der Waals surface area contributed by atoms with Crippen molar-refractivity contribution in [1.29, 1.82) is 0 Å². The number of hydrogen-bond acceptors (Lipinski definition) is 3. The van der Waals surface area contributed by atoms with Crippen molar-refractivity contribution in [2.75, 3.05) is 11.9 Å². The first-order valence-corrected chi connectivity index (χ1v) is 8.57. The standard InChI is InChI=1S/C21H20F2N2O/c1-2-3-9-24-21-12-15(18-13-16(22)7-8-19(18)23)11-20(25-21)14-5-4-6-17(26)10-14/h4-8,10-13,26H,2-3,9H2,1H3,(H,24,25). The summed E-state index contributed by atoms with van der Waals surface area (Å²) in [6, 6.07) is 13.5. The highest BCUT2D eigenvalue weighted by Gasteiger charge is 2.12. The van der Waals surface area contributed by atoms with Crippen LogP contribution in [0.2, 0.25) is 0 Å². The lowest BCUT2D eigenvalue weighted by Gasteiger charge is -2.12. The Kier molecular flexibility index (Phi) is 5.46. The molecule has 3 aromatic rings. The summed E-state index contributed by atoms with van der Waals surface area (Å²) < 4.78 is 27.9. The van der Waals surface area contributed by atoms with Crippen LogP contribution in [-0.4, -0.2) is 16.6 Å². The first-order chi connectivity index (χ1) is 12.6. The molecule has 0 aliphatic heterocycles. The topological polar surface area (TPSA) is 45.1 Å². The first kappa shape index (κ1) is 17.9. The Morgan fingerprint density at radius 2 is 1.85 bits per heavy atom. The zero-order valence-electron chi connectivity index (χ0n) is 14.5. The lowest BCUT2D eigenvalue weighted by molar-refractivity contribution is 0.475. The SMILES string of the molecule is CCCCNc1cc(-c2cc(F)ccc2F)cc(-c2cccc(O)c2)n1. The van der Waals surface area contributed by atoms with Crippen molar-refractivity contribution in [3.63, 3.8) is 0 Å². The number of rotatable bonds is 6. The van der Waals surface area contributed by atoms with Crippen molar-refractivity contribution < 1.29 is 13.9 Å². The van der Waals surface area contributed by atoms with Gasteiger partial charge in [-0.1, -0.05) is 25.5 Å². The van der Waals surface area contributed by atoms with E-state index in [0.717, 1.165) is 31.5 Å². The third kappa shape index (κ3) is 4.17. The van der Waals surface area contributed by atoms with Crippen LogP contribution >= 0.6 is 0 Å². The van der Waals surface area contributed by atoms with Gasteiger partial charge < -0.3 is 10.4 Å². The minimum atomic E-state index is -0.502. The van der Waals surface area contributed by atoms with Gasteiger partial charge in [-0.15, -0.1) is 0 Å². The number of aromatic hydroxyl groups is 1. The van der Waals surface area contributed by atoms with Crippen LogP contribution in [0.5, 0.6) is 5.75 Å². The van der Waals surface area contributed by atoms with Crippen molar-refractivity contribution in [2.45, 2.75) is 19.8 Å². The molecule has 3 nitrogen and oxygen atoms in total. The largest absolute Gasteiger partial charge is 0.508 e. The number of hydrogen-bond donors (Lipinski definition) is 2. The number of phenols is 1. The Labute approximate surface area is 151 Å². The molecule has 0 atom stereocenters. The normalized spacial score (nSPS) is 10.7. The van der Waals surface area contributed by atoms with Crippen LogP contribution in [0.15, 0.2) is 54.6 Å². The second-order valence-electron chi connectivity index (χ2n) is 6.08. The molecular formula is C21H20F2N2O. The van der Waals surface area contributed by atoms with Gasteiger partial charge in [0.05, 0.1) is 5.69 Å². The van der Waals surface area contributed by atoms with Gasteiger partial charge in [0.1, 0.15) is 23.2 Å². The smallest absolute Gasteiger partial charge is 0.131 e. The number of unbranched alkanes of at least 4 members (excludes halogenated alkanes) is 1. The van der Waals surface area contributed by atoms with Crippen LogP contribution in [0, 0.1) is 11.6 Å². The molecule has 0 aliphatic carbocycles. The molecule has 2 N–H and O–H groups in total. The number of anilines is 1. The molecule has 0 radical (unpaired) electrons. The number of benzene rings is 2. The quantitative estimate of drug-likeness (QED) is 0.566. The fraction of sp³-hybridized carbons (Fsp3) is 0.190. The lowest BCUT2D eigenvalue weighted by Crippen LogP contribution is -2.04. The van der Waals surface area contributed by atoms with E-state index in [4.69, 9.17) is 0 Å². The third-order valence-electron chi connectivity index (χ3n) is 4.04. The summed E-state index contributed by atoms with van der Waals surface area (Å²) in [5, 5.41) is 13.0. The molecule has 0 fully saturated rings. The second-order valence-corrected chi connectivity index (χ2v) is 6.08. The Morgan fingerprint density at radius 1 is 1.00 bits per heavy atom. The number of aromatic nitrogens is 1. The average Bonchev–Trinajstić information content (AvgIpc) is 2.64. The molecule has 0 spiro atoms. The molecule has 134 valence electrons. The molecule has 1 aromatic heterocycles. The van der Waals surface area contributed by atoms with Crippen LogP contribution in [-0.2, 0) is 0 Å². The highest BCUT2D eigenvalue weighted by Crippen LogP contribution is 2.31. The maximum atomic E-state index is 14.2. The third-order valence-corrected chi connectivity index (χ3v) is 4.04. The van der Waals surface area contributed by atoms with Gasteiger partial charge in [0.15, 0.2) is 0 Å². The summed E-state index contributed by atoms with van der Waals surface area (Å²) in [6.45, 7) is 2.82. The van der Waals surface area contributed by atoms with E-state index in [1.807, 2.05) is 6.07 Å². The van der Waals surface area contributed by atoms with E-state index in [0.29, 0.717) is 22.6 Å². The Hall–Kier alpha value is -2.95. The summed E-state index contributed by atoms with van der Waals surface area (Å²) in [5.41, 5.74) is 1.96. The van der Waals surface area contributed by atoms with Gasteiger partial charge in [0.2, 0.25) is 0 Å². The van der Waals surface area contributed by atoms with E-state index in [9.17, 15) is 13.9 Å². The van der Waals surface area contributed by atoms with E-state index >= 15 is 0 Å². The molecule has 0 unspecified atom stereocenters. The number of phenolic OH excluding ortho intramolecular Hbond substituents is 1. The molecule has 3 rings (SSSR count).